The van der Waals surface area contributed by atoms with E-state index in [2.05, 4.69) is 14.9 Å². The van der Waals surface area contributed by atoms with E-state index in [1.54, 1.807) is 18.0 Å². The van der Waals surface area contributed by atoms with Crippen molar-refractivity contribution in [3.05, 3.63) is 70.2 Å². The number of benzene rings is 1. The summed E-state index contributed by atoms with van der Waals surface area (Å²) < 4.78 is 33.4. The van der Waals surface area contributed by atoms with Crippen LogP contribution in [-0.2, 0) is 29.7 Å². The van der Waals surface area contributed by atoms with Crippen LogP contribution in [0.3, 0.4) is 0 Å². The topological polar surface area (TPSA) is 109 Å². The lowest BCUT2D eigenvalue weighted by molar-refractivity contribution is 0.0733. The molecule has 0 unspecified atom stereocenters. The zero-order valence-corrected chi connectivity index (χ0v) is 19.9. The minimum atomic E-state index is -3.56. The molecule has 4 rings (SSSR count). The molecule has 3 heterocycles. The second kappa shape index (κ2) is 9.05. The van der Waals surface area contributed by atoms with E-state index in [0.29, 0.717) is 36.5 Å². The predicted molar refractivity (Wildman–Crippen MR) is 124 cm³/mol. The molecule has 0 saturated carbocycles. The number of pyridine rings is 1. The van der Waals surface area contributed by atoms with Crippen molar-refractivity contribution in [1.82, 2.24) is 24.1 Å². The Morgan fingerprint density at radius 2 is 1.94 bits per heavy atom. The molecular formula is C23H27N5O4S. The van der Waals surface area contributed by atoms with Gasteiger partial charge in [-0.2, -0.15) is 17.4 Å². The molecule has 0 fully saturated rings. The summed E-state index contributed by atoms with van der Waals surface area (Å²) in [6.07, 6.45) is 2.38. The van der Waals surface area contributed by atoms with E-state index in [-0.39, 0.29) is 12.5 Å². The Morgan fingerprint density at radius 1 is 1.21 bits per heavy atom. The molecule has 2 aromatic heterocycles. The molecule has 0 atom stereocenters. The predicted octanol–water partition coefficient (Wildman–Crippen LogP) is 2.45. The zero-order valence-electron chi connectivity index (χ0n) is 19.1. The number of hydrogen-bond donors (Lipinski definition) is 1. The fourth-order valence-corrected chi connectivity index (χ4v) is 4.58. The molecule has 10 heteroatoms. The Bertz CT molecular complexity index is 1290. The summed E-state index contributed by atoms with van der Waals surface area (Å²) in [5, 5.41) is 4.13. The Morgan fingerprint density at radius 3 is 2.64 bits per heavy atom. The number of carbonyl (C=O) groups excluding carboxylic acids is 1. The smallest absolute Gasteiger partial charge is 0.279 e. The number of aryl methyl sites for hydroxylation is 2. The first-order chi connectivity index (χ1) is 15.7. The molecule has 1 aliphatic heterocycles. The fraction of sp³-hybridized carbons (Fsp3) is 0.348. The van der Waals surface area contributed by atoms with E-state index < -0.39 is 10.2 Å². The number of hydrogen-bond acceptors (Lipinski definition) is 6. The Kier molecular flexibility index (Phi) is 6.33. The van der Waals surface area contributed by atoms with E-state index in [1.165, 1.54) is 14.1 Å². The molecule has 0 bridgehead atoms. The van der Waals surface area contributed by atoms with Crippen molar-refractivity contribution >= 4 is 16.1 Å². The van der Waals surface area contributed by atoms with Gasteiger partial charge in [0.25, 0.3) is 16.1 Å². The standard InChI is InChI=1S/C23H27N5O4S/c1-15-20(13-25-33(30,31)27(3)4)19-10-11-28(14-18(19)12-24-15)23(29)21-16(2)32-26-22(21)17-8-6-5-7-9-17/h5-9,12,25H,10-11,13-14H2,1-4H3. The first-order valence-electron chi connectivity index (χ1n) is 10.6. The third-order valence-corrected chi connectivity index (χ3v) is 7.39. The summed E-state index contributed by atoms with van der Waals surface area (Å²) in [5.74, 6) is 0.333. The highest BCUT2D eigenvalue weighted by molar-refractivity contribution is 7.87. The van der Waals surface area contributed by atoms with Crippen molar-refractivity contribution in [1.29, 1.82) is 0 Å². The molecule has 1 aliphatic rings. The lowest BCUT2D eigenvalue weighted by Crippen LogP contribution is -2.38. The van der Waals surface area contributed by atoms with E-state index in [0.717, 1.165) is 32.3 Å². The summed E-state index contributed by atoms with van der Waals surface area (Å²) >= 11 is 0. The number of nitrogens with one attached hydrogen (secondary N) is 1. The maximum Gasteiger partial charge on any atom is 0.279 e. The van der Waals surface area contributed by atoms with Crippen LogP contribution >= 0.6 is 0 Å². The van der Waals surface area contributed by atoms with Crippen LogP contribution in [0.15, 0.2) is 41.1 Å². The van der Waals surface area contributed by atoms with Gasteiger partial charge in [0.05, 0.1) is 0 Å². The molecule has 1 aromatic carbocycles. The normalized spacial score (nSPS) is 13.9. The maximum absolute atomic E-state index is 13.5. The third-order valence-electron chi connectivity index (χ3n) is 5.92. The SMILES string of the molecule is Cc1ncc2c(c1CNS(=O)(=O)N(C)C)CCN(C(=O)c1c(-c3ccccc3)noc1C)C2. The molecule has 0 aliphatic carbocycles. The van der Waals surface area contributed by atoms with E-state index >= 15 is 0 Å². The van der Waals surface area contributed by atoms with Crippen molar-refractivity contribution in [3.8, 4) is 11.3 Å². The second-order valence-corrected chi connectivity index (χ2v) is 10.2. The van der Waals surface area contributed by atoms with E-state index in [9.17, 15) is 13.2 Å². The van der Waals surface area contributed by atoms with E-state index in [4.69, 9.17) is 4.52 Å². The molecule has 1 N–H and O–H groups in total. The molecular weight excluding hydrogens is 442 g/mol. The third kappa shape index (κ3) is 4.54. The first kappa shape index (κ1) is 23.1. The number of carbonyl (C=O) groups is 1. The molecule has 0 spiro atoms. The monoisotopic (exact) mass is 469 g/mol. The van der Waals surface area contributed by atoms with Crippen LogP contribution in [-0.4, -0.2) is 54.3 Å². The van der Waals surface area contributed by atoms with Gasteiger partial charge >= 0.3 is 0 Å². The summed E-state index contributed by atoms with van der Waals surface area (Å²) in [6, 6.07) is 9.49. The number of nitrogens with zero attached hydrogens (tertiary/aromatic N) is 4. The number of fused-ring (bicyclic) bond motifs is 1. The van der Waals surface area contributed by atoms with Crippen LogP contribution in [0, 0.1) is 13.8 Å². The Balaban J connectivity index is 1.60. The van der Waals surface area contributed by atoms with Gasteiger partial charge in [-0.3, -0.25) is 9.78 Å². The van der Waals surface area contributed by atoms with Crippen molar-refractivity contribution < 1.29 is 17.7 Å². The first-order valence-corrected chi connectivity index (χ1v) is 12.1. The lowest BCUT2D eigenvalue weighted by atomic mass is 9.94. The molecule has 1 amide bonds. The van der Waals surface area contributed by atoms with Gasteiger partial charge in [-0.25, -0.2) is 0 Å². The van der Waals surface area contributed by atoms with Gasteiger partial charge in [0.15, 0.2) is 0 Å². The second-order valence-electron chi connectivity index (χ2n) is 8.24. The molecule has 0 radical (unpaired) electrons. The van der Waals surface area contributed by atoms with Crippen molar-refractivity contribution in [2.24, 2.45) is 0 Å². The van der Waals surface area contributed by atoms with Crippen molar-refractivity contribution in [2.75, 3.05) is 20.6 Å². The Labute approximate surface area is 193 Å². The molecule has 174 valence electrons. The van der Waals surface area contributed by atoms with Crippen molar-refractivity contribution in [2.45, 2.75) is 33.4 Å². The number of aromatic nitrogens is 2. The minimum Gasteiger partial charge on any atom is -0.360 e. The summed E-state index contributed by atoms with van der Waals surface area (Å²) in [5.41, 5.74) is 5.40. The van der Waals surface area contributed by atoms with Gasteiger partial charge < -0.3 is 9.42 Å². The lowest BCUT2D eigenvalue weighted by Gasteiger charge is -2.30. The zero-order chi connectivity index (χ0) is 23.8. The highest BCUT2D eigenvalue weighted by Gasteiger charge is 2.30. The highest BCUT2D eigenvalue weighted by atomic mass is 32.2. The van der Waals surface area contributed by atoms with Crippen LogP contribution in [0.2, 0.25) is 0 Å². The summed E-state index contributed by atoms with van der Waals surface area (Å²) in [4.78, 5) is 19.7. The average molecular weight is 470 g/mol. The molecule has 33 heavy (non-hydrogen) atoms. The van der Waals surface area contributed by atoms with Crippen LogP contribution < -0.4 is 4.72 Å². The Hall–Kier alpha value is -3.08. The van der Waals surface area contributed by atoms with Gasteiger partial charge in [-0.15, -0.1) is 0 Å². The van der Waals surface area contributed by atoms with Gasteiger partial charge in [0.1, 0.15) is 17.0 Å². The average Bonchev–Trinajstić information content (AvgIpc) is 3.19. The van der Waals surface area contributed by atoms with Gasteiger partial charge in [-0.1, -0.05) is 35.5 Å². The number of amides is 1. The summed E-state index contributed by atoms with van der Waals surface area (Å²) in [6.45, 7) is 4.64. The maximum atomic E-state index is 13.5. The largest absolute Gasteiger partial charge is 0.360 e. The van der Waals surface area contributed by atoms with Crippen LogP contribution in [0.4, 0.5) is 0 Å². The van der Waals surface area contributed by atoms with Gasteiger partial charge in [-0.05, 0) is 37.0 Å². The molecule has 3 aromatic rings. The van der Waals surface area contributed by atoms with Crippen molar-refractivity contribution in [3.63, 3.8) is 0 Å². The molecule has 0 saturated heterocycles. The van der Waals surface area contributed by atoms with Gasteiger partial charge in [0.2, 0.25) is 0 Å². The number of rotatable bonds is 6. The summed E-state index contributed by atoms with van der Waals surface area (Å²) in [7, 11) is -0.596. The molecule has 9 nitrogen and oxygen atoms in total. The van der Waals surface area contributed by atoms with E-state index in [1.807, 2.05) is 37.3 Å². The van der Waals surface area contributed by atoms with Gasteiger partial charge in [0, 0.05) is 51.2 Å². The highest BCUT2D eigenvalue weighted by Crippen LogP contribution is 2.29. The minimum absolute atomic E-state index is 0.145. The van der Waals surface area contributed by atoms with Crippen LogP contribution in [0.25, 0.3) is 11.3 Å². The van der Waals surface area contributed by atoms with Crippen LogP contribution in [0.1, 0.15) is 38.5 Å². The quantitative estimate of drug-likeness (QED) is 0.594. The fourth-order valence-electron chi connectivity index (χ4n) is 4.00. The van der Waals surface area contributed by atoms with Crippen LogP contribution in [0.5, 0.6) is 0 Å².